The average molecular weight is 326 g/mol. The summed E-state index contributed by atoms with van der Waals surface area (Å²) in [6.45, 7) is 3.71. The summed E-state index contributed by atoms with van der Waals surface area (Å²) < 4.78 is 0. The van der Waals surface area contributed by atoms with Crippen molar-refractivity contribution in [3.63, 3.8) is 0 Å². The van der Waals surface area contributed by atoms with Gasteiger partial charge in [-0.2, -0.15) is 0 Å². The number of piperidine rings is 1. The van der Waals surface area contributed by atoms with Crippen LogP contribution in [0.15, 0.2) is 47.5 Å². The third-order valence-electron chi connectivity index (χ3n) is 4.38. The van der Waals surface area contributed by atoms with Gasteiger partial charge in [0.2, 0.25) is 5.91 Å². The minimum absolute atomic E-state index is 0.189. The second-order valence-electron chi connectivity index (χ2n) is 5.87. The molecule has 0 N–H and O–H groups in total. The van der Waals surface area contributed by atoms with Crippen molar-refractivity contribution < 1.29 is 4.79 Å². The number of thiazole rings is 1. The molecule has 1 aromatic heterocycles. The Labute approximate surface area is 141 Å². The molecule has 4 heteroatoms. The fourth-order valence-corrected chi connectivity index (χ4v) is 3.85. The van der Waals surface area contributed by atoms with Crippen LogP contribution in [0.1, 0.15) is 42.7 Å². The lowest BCUT2D eigenvalue weighted by Crippen LogP contribution is -2.38. The summed E-state index contributed by atoms with van der Waals surface area (Å²) >= 11 is 1.73. The zero-order valence-electron chi connectivity index (χ0n) is 13.4. The van der Waals surface area contributed by atoms with Crippen molar-refractivity contribution in [3.05, 3.63) is 58.1 Å². The second-order valence-corrected chi connectivity index (χ2v) is 6.80. The monoisotopic (exact) mass is 326 g/mol. The van der Waals surface area contributed by atoms with Crippen molar-refractivity contribution in [3.8, 4) is 0 Å². The highest BCUT2D eigenvalue weighted by atomic mass is 32.1. The molecule has 0 unspecified atom stereocenters. The molecule has 1 saturated heterocycles. The lowest BCUT2D eigenvalue weighted by Gasteiger charge is -2.31. The fraction of sp³-hybridized carbons (Fsp3) is 0.368. The Bertz CT molecular complexity index is 656. The first-order chi connectivity index (χ1) is 11.3. The fourth-order valence-electron chi connectivity index (χ4n) is 3.03. The van der Waals surface area contributed by atoms with Crippen LogP contribution in [0.3, 0.4) is 0 Å². The molecule has 3 rings (SSSR count). The number of amides is 1. The maximum Gasteiger partial charge on any atom is 0.249 e. The van der Waals surface area contributed by atoms with E-state index in [0.717, 1.165) is 43.5 Å². The molecule has 0 saturated carbocycles. The summed E-state index contributed by atoms with van der Waals surface area (Å²) in [4.78, 5) is 19.2. The van der Waals surface area contributed by atoms with Gasteiger partial charge in [0.25, 0.3) is 0 Å². The van der Waals surface area contributed by atoms with Crippen LogP contribution in [-0.4, -0.2) is 28.9 Å². The number of carbonyl (C=O) groups is 1. The summed E-state index contributed by atoms with van der Waals surface area (Å²) in [5.74, 6) is 0.705. The Morgan fingerprint density at radius 2 is 2.04 bits per heavy atom. The average Bonchev–Trinajstić information content (AvgIpc) is 3.15. The van der Waals surface area contributed by atoms with E-state index in [-0.39, 0.29) is 5.91 Å². The number of carbonyl (C=O) groups excluding carboxylic acids is 1. The van der Waals surface area contributed by atoms with Gasteiger partial charge in [0.05, 0.1) is 5.01 Å². The summed E-state index contributed by atoms with van der Waals surface area (Å²) in [5.41, 5.74) is 1.99. The largest absolute Gasteiger partial charge is 0.339 e. The van der Waals surface area contributed by atoms with Gasteiger partial charge in [0, 0.05) is 36.2 Å². The first-order valence-corrected chi connectivity index (χ1v) is 9.10. The molecule has 1 aliphatic heterocycles. The van der Waals surface area contributed by atoms with Crippen LogP contribution >= 0.6 is 11.3 Å². The zero-order valence-corrected chi connectivity index (χ0v) is 14.3. The molecule has 2 aromatic rings. The Kier molecular flexibility index (Phi) is 5.23. The maximum atomic E-state index is 12.8. The van der Waals surface area contributed by atoms with Gasteiger partial charge >= 0.3 is 0 Å². The van der Waals surface area contributed by atoms with Crippen molar-refractivity contribution in [1.82, 2.24) is 9.88 Å². The molecule has 1 amide bonds. The minimum atomic E-state index is 0.189. The van der Waals surface area contributed by atoms with Crippen molar-refractivity contribution in [2.75, 3.05) is 13.1 Å². The highest BCUT2D eigenvalue weighted by molar-refractivity contribution is 7.09. The van der Waals surface area contributed by atoms with E-state index in [4.69, 9.17) is 0 Å². The standard InChI is InChI=1S/C19H22N2OS/c1-2-16(14-15-6-4-3-5-7-15)19(22)21-11-8-17(9-12-21)18-20-10-13-23-18/h3-7,10,13-14,17H,2,8-9,11-12H2,1H3/b16-14+. The molecule has 0 spiro atoms. The molecular formula is C19H22N2OS. The highest BCUT2D eigenvalue weighted by Gasteiger charge is 2.26. The molecule has 0 aliphatic carbocycles. The molecule has 1 fully saturated rings. The van der Waals surface area contributed by atoms with Gasteiger partial charge in [-0.15, -0.1) is 11.3 Å². The van der Waals surface area contributed by atoms with Gasteiger partial charge in [-0.1, -0.05) is 37.3 Å². The molecule has 1 aliphatic rings. The van der Waals surface area contributed by atoms with Crippen molar-refractivity contribution in [1.29, 1.82) is 0 Å². The van der Waals surface area contributed by atoms with Gasteiger partial charge < -0.3 is 4.90 Å². The number of hydrogen-bond acceptors (Lipinski definition) is 3. The third-order valence-corrected chi connectivity index (χ3v) is 5.32. The summed E-state index contributed by atoms with van der Waals surface area (Å²) in [6.07, 6.45) is 6.69. The Morgan fingerprint density at radius 3 is 2.65 bits per heavy atom. The topological polar surface area (TPSA) is 33.2 Å². The number of hydrogen-bond donors (Lipinski definition) is 0. The normalized spacial score (nSPS) is 16.6. The lowest BCUT2D eigenvalue weighted by atomic mass is 9.96. The van der Waals surface area contributed by atoms with Crippen LogP contribution in [0.5, 0.6) is 0 Å². The molecule has 0 atom stereocenters. The quantitative estimate of drug-likeness (QED) is 0.783. The Hall–Kier alpha value is -1.94. The van der Waals surface area contributed by atoms with E-state index in [1.54, 1.807) is 11.3 Å². The summed E-state index contributed by atoms with van der Waals surface area (Å²) in [7, 11) is 0. The number of likely N-dealkylation sites (tertiary alicyclic amines) is 1. The SMILES string of the molecule is CC/C(=C\c1ccccc1)C(=O)N1CCC(c2nccs2)CC1. The van der Waals surface area contributed by atoms with Gasteiger partial charge in [0.1, 0.15) is 0 Å². The third kappa shape index (κ3) is 3.88. The summed E-state index contributed by atoms with van der Waals surface area (Å²) in [6, 6.07) is 10.1. The predicted molar refractivity (Wildman–Crippen MR) is 95.4 cm³/mol. The Balaban J connectivity index is 1.65. The molecule has 0 bridgehead atoms. The molecular weight excluding hydrogens is 304 g/mol. The van der Waals surface area contributed by atoms with E-state index in [1.807, 2.05) is 52.9 Å². The van der Waals surface area contributed by atoms with Crippen LogP contribution in [0, 0.1) is 0 Å². The molecule has 2 heterocycles. The van der Waals surface area contributed by atoms with E-state index in [0.29, 0.717) is 5.92 Å². The molecule has 3 nitrogen and oxygen atoms in total. The minimum Gasteiger partial charge on any atom is -0.339 e. The highest BCUT2D eigenvalue weighted by Crippen LogP contribution is 2.30. The van der Waals surface area contributed by atoms with E-state index in [1.165, 1.54) is 5.01 Å². The number of benzene rings is 1. The summed E-state index contributed by atoms with van der Waals surface area (Å²) in [5, 5.41) is 3.25. The first kappa shape index (κ1) is 15.9. The molecule has 1 aromatic carbocycles. The number of rotatable bonds is 4. The van der Waals surface area contributed by atoms with Crippen molar-refractivity contribution >= 4 is 23.3 Å². The smallest absolute Gasteiger partial charge is 0.249 e. The van der Waals surface area contributed by atoms with Crippen LogP contribution in [0.2, 0.25) is 0 Å². The molecule has 23 heavy (non-hydrogen) atoms. The van der Waals surface area contributed by atoms with Gasteiger partial charge in [0.15, 0.2) is 0 Å². The van der Waals surface area contributed by atoms with Crippen molar-refractivity contribution in [2.24, 2.45) is 0 Å². The van der Waals surface area contributed by atoms with Crippen molar-refractivity contribution in [2.45, 2.75) is 32.1 Å². The Morgan fingerprint density at radius 1 is 1.30 bits per heavy atom. The lowest BCUT2D eigenvalue weighted by molar-refractivity contribution is -0.128. The van der Waals surface area contributed by atoms with Crippen LogP contribution in [0.25, 0.3) is 6.08 Å². The van der Waals surface area contributed by atoms with E-state index in [9.17, 15) is 4.79 Å². The van der Waals surface area contributed by atoms with E-state index < -0.39 is 0 Å². The predicted octanol–water partition coefficient (Wildman–Crippen LogP) is 4.34. The second kappa shape index (κ2) is 7.55. The van der Waals surface area contributed by atoms with Gasteiger partial charge in [-0.05, 0) is 30.9 Å². The number of aromatic nitrogens is 1. The van der Waals surface area contributed by atoms with Crippen LogP contribution in [0.4, 0.5) is 0 Å². The van der Waals surface area contributed by atoms with E-state index in [2.05, 4.69) is 11.9 Å². The van der Waals surface area contributed by atoms with Crippen LogP contribution in [-0.2, 0) is 4.79 Å². The maximum absolute atomic E-state index is 12.8. The zero-order chi connectivity index (χ0) is 16.1. The number of nitrogens with zero attached hydrogens (tertiary/aromatic N) is 2. The first-order valence-electron chi connectivity index (χ1n) is 8.22. The van der Waals surface area contributed by atoms with E-state index >= 15 is 0 Å². The van der Waals surface area contributed by atoms with Gasteiger partial charge in [-0.3, -0.25) is 4.79 Å². The molecule has 120 valence electrons. The van der Waals surface area contributed by atoms with Gasteiger partial charge in [-0.25, -0.2) is 4.98 Å². The van der Waals surface area contributed by atoms with Crippen LogP contribution < -0.4 is 0 Å². The molecule has 0 radical (unpaired) electrons.